The molecule has 2 saturated heterocycles. The number of ether oxygens (including phenoxy) is 3. The van der Waals surface area contributed by atoms with E-state index < -0.39 is 0 Å². The monoisotopic (exact) mass is 404 g/mol. The van der Waals surface area contributed by atoms with Gasteiger partial charge in [0.25, 0.3) is 5.91 Å². The average molecular weight is 405 g/mol. The highest BCUT2D eigenvalue weighted by Gasteiger charge is 2.30. The zero-order chi connectivity index (χ0) is 20.6. The van der Waals surface area contributed by atoms with Crippen LogP contribution in [-0.2, 0) is 16.0 Å². The number of piperazine rings is 1. The van der Waals surface area contributed by atoms with Gasteiger partial charge in [-0.3, -0.25) is 9.79 Å². The van der Waals surface area contributed by atoms with E-state index in [0.29, 0.717) is 19.7 Å². The molecule has 1 aromatic rings. The van der Waals surface area contributed by atoms with Crippen molar-refractivity contribution in [2.75, 3.05) is 60.6 Å². The maximum Gasteiger partial charge on any atom is 0.251 e. The van der Waals surface area contributed by atoms with E-state index in [1.165, 1.54) is 0 Å². The summed E-state index contributed by atoms with van der Waals surface area (Å²) >= 11 is 0. The Balaban J connectivity index is 1.45. The smallest absolute Gasteiger partial charge is 0.251 e. The number of hydrogen-bond donors (Lipinski definition) is 1. The van der Waals surface area contributed by atoms with Gasteiger partial charge in [-0.25, -0.2) is 0 Å². The van der Waals surface area contributed by atoms with E-state index in [1.54, 1.807) is 21.3 Å². The van der Waals surface area contributed by atoms with Crippen LogP contribution in [0.15, 0.2) is 23.2 Å². The van der Waals surface area contributed by atoms with Gasteiger partial charge in [0.2, 0.25) is 0 Å². The normalized spacial score (nSPS) is 20.0. The molecule has 3 rings (SSSR count). The predicted octanol–water partition coefficient (Wildman–Crippen LogP) is 1.14. The summed E-state index contributed by atoms with van der Waals surface area (Å²) in [6.45, 7) is 4.41. The van der Waals surface area contributed by atoms with Crippen molar-refractivity contribution in [2.24, 2.45) is 4.99 Å². The van der Waals surface area contributed by atoms with Crippen LogP contribution >= 0.6 is 0 Å². The minimum Gasteiger partial charge on any atom is -0.493 e. The van der Waals surface area contributed by atoms with Gasteiger partial charge >= 0.3 is 0 Å². The molecule has 160 valence electrons. The first kappa shape index (κ1) is 21.2. The number of rotatable bonds is 6. The lowest BCUT2D eigenvalue weighted by Crippen LogP contribution is -2.55. The highest BCUT2D eigenvalue weighted by atomic mass is 16.5. The van der Waals surface area contributed by atoms with E-state index in [2.05, 4.69) is 15.2 Å². The molecule has 8 nitrogen and oxygen atoms in total. The van der Waals surface area contributed by atoms with Gasteiger partial charge in [-0.2, -0.15) is 0 Å². The molecule has 1 unspecified atom stereocenters. The van der Waals surface area contributed by atoms with E-state index in [9.17, 15) is 4.79 Å². The van der Waals surface area contributed by atoms with Gasteiger partial charge in [-0.1, -0.05) is 6.07 Å². The number of carbonyl (C=O) groups excluding carboxylic acids is 1. The number of aliphatic imine (C=N–C) groups is 1. The van der Waals surface area contributed by atoms with Gasteiger partial charge in [0.1, 0.15) is 6.10 Å². The molecular weight excluding hydrogens is 372 g/mol. The molecule has 1 N–H and O–H groups in total. The first-order valence-electron chi connectivity index (χ1n) is 10.2. The van der Waals surface area contributed by atoms with E-state index in [-0.39, 0.29) is 12.0 Å². The minimum absolute atomic E-state index is 0.138. The van der Waals surface area contributed by atoms with Crippen LogP contribution in [0.5, 0.6) is 11.5 Å². The molecule has 1 atom stereocenters. The highest BCUT2D eigenvalue weighted by Crippen LogP contribution is 2.27. The van der Waals surface area contributed by atoms with Crippen molar-refractivity contribution >= 4 is 11.9 Å². The summed E-state index contributed by atoms with van der Waals surface area (Å²) in [6.07, 6.45) is 2.43. The molecule has 0 aliphatic carbocycles. The number of benzene rings is 1. The summed E-state index contributed by atoms with van der Waals surface area (Å²) < 4.78 is 16.2. The van der Waals surface area contributed by atoms with Crippen molar-refractivity contribution < 1.29 is 19.0 Å². The lowest BCUT2D eigenvalue weighted by molar-refractivity contribution is -0.142. The maximum absolute atomic E-state index is 12.5. The molecule has 2 aliphatic rings. The summed E-state index contributed by atoms with van der Waals surface area (Å²) in [5, 5.41) is 3.43. The molecule has 1 aromatic carbocycles. The predicted molar refractivity (Wildman–Crippen MR) is 112 cm³/mol. The summed E-state index contributed by atoms with van der Waals surface area (Å²) in [5.74, 6) is 2.48. The number of methoxy groups -OCH3 is 2. The van der Waals surface area contributed by atoms with Gasteiger partial charge in [0.15, 0.2) is 17.5 Å². The van der Waals surface area contributed by atoms with Gasteiger partial charge in [0.05, 0.1) is 14.2 Å². The molecular formula is C21H32N4O4. The van der Waals surface area contributed by atoms with E-state index >= 15 is 0 Å². The van der Waals surface area contributed by atoms with Crippen molar-refractivity contribution in [1.82, 2.24) is 15.1 Å². The van der Waals surface area contributed by atoms with Crippen molar-refractivity contribution in [3.63, 3.8) is 0 Å². The summed E-state index contributed by atoms with van der Waals surface area (Å²) in [6, 6.07) is 5.97. The Morgan fingerprint density at radius 2 is 1.90 bits per heavy atom. The summed E-state index contributed by atoms with van der Waals surface area (Å²) in [7, 11) is 5.07. The van der Waals surface area contributed by atoms with Crippen LogP contribution < -0.4 is 14.8 Å². The van der Waals surface area contributed by atoms with Crippen molar-refractivity contribution in [3.8, 4) is 11.5 Å². The number of amides is 1. The van der Waals surface area contributed by atoms with Crippen LogP contribution in [0.2, 0.25) is 0 Å². The second-order valence-electron chi connectivity index (χ2n) is 7.23. The third-order valence-corrected chi connectivity index (χ3v) is 5.45. The Bertz CT molecular complexity index is 711. The zero-order valence-corrected chi connectivity index (χ0v) is 17.6. The highest BCUT2D eigenvalue weighted by molar-refractivity contribution is 5.82. The Labute approximate surface area is 172 Å². The Morgan fingerprint density at radius 1 is 1.17 bits per heavy atom. The maximum atomic E-state index is 12.5. The minimum atomic E-state index is -0.236. The largest absolute Gasteiger partial charge is 0.493 e. The van der Waals surface area contributed by atoms with Crippen LogP contribution in [0, 0.1) is 0 Å². The van der Waals surface area contributed by atoms with Crippen molar-refractivity contribution in [1.29, 1.82) is 0 Å². The van der Waals surface area contributed by atoms with Gasteiger partial charge < -0.3 is 29.3 Å². The number of carbonyl (C=O) groups is 1. The van der Waals surface area contributed by atoms with Crippen LogP contribution in [0.4, 0.5) is 0 Å². The van der Waals surface area contributed by atoms with Crippen LogP contribution in [0.1, 0.15) is 18.4 Å². The molecule has 8 heteroatoms. The first-order valence-corrected chi connectivity index (χ1v) is 10.2. The molecule has 2 fully saturated rings. The zero-order valence-electron chi connectivity index (χ0n) is 17.6. The molecule has 0 radical (unpaired) electrons. The quantitative estimate of drug-likeness (QED) is 0.566. The molecule has 1 amide bonds. The number of guanidine groups is 1. The fourth-order valence-corrected chi connectivity index (χ4v) is 3.80. The molecule has 29 heavy (non-hydrogen) atoms. The second-order valence-corrected chi connectivity index (χ2v) is 7.23. The average Bonchev–Trinajstić information content (AvgIpc) is 3.31. The first-order chi connectivity index (χ1) is 14.2. The molecule has 2 heterocycles. The standard InChI is InChI=1S/C21H32N4O4/c1-22-21(23-9-8-16-6-7-17(27-2)19(15-16)28-3)25-12-10-24(11-13-25)20(26)18-5-4-14-29-18/h6-7,15,18H,4-5,8-14H2,1-3H3,(H,22,23). The van der Waals surface area contributed by atoms with Crippen LogP contribution in [0.25, 0.3) is 0 Å². The third kappa shape index (κ3) is 5.32. The van der Waals surface area contributed by atoms with Gasteiger partial charge in [-0.15, -0.1) is 0 Å². The Kier molecular flexibility index (Phi) is 7.57. The lowest BCUT2D eigenvalue weighted by Gasteiger charge is -2.37. The fraction of sp³-hybridized carbons (Fsp3) is 0.619. The molecule has 0 aromatic heterocycles. The SMILES string of the molecule is CN=C(NCCc1ccc(OC)c(OC)c1)N1CCN(C(=O)C2CCCO2)CC1. The number of nitrogens with one attached hydrogen (secondary N) is 1. The van der Waals surface area contributed by atoms with Crippen molar-refractivity contribution in [2.45, 2.75) is 25.4 Å². The van der Waals surface area contributed by atoms with E-state index in [4.69, 9.17) is 14.2 Å². The topological polar surface area (TPSA) is 75.6 Å². The summed E-state index contributed by atoms with van der Waals surface area (Å²) in [4.78, 5) is 21.0. The number of hydrogen-bond acceptors (Lipinski definition) is 5. The molecule has 0 spiro atoms. The van der Waals surface area contributed by atoms with Gasteiger partial charge in [-0.05, 0) is 37.0 Å². The Morgan fingerprint density at radius 3 is 2.52 bits per heavy atom. The second kappa shape index (κ2) is 10.3. The Hall–Kier alpha value is -2.48. The number of nitrogens with zero attached hydrogens (tertiary/aromatic N) is 3. The summed E-state index contributed by atoms with van der Waals surface area (Å²) in [5.41, 5.74) is 1.16. The molecule has 0 bridgehead atoms. The fourth-order valence-electron chi connectivity index (χ4n) is 3.80. The third-order valence-electron chi connectivity index (χ3n) is 5.45. The van der Waals surface area contributed by atoms with Crippen molar-refractivity contribution in [3.05, 3.63) is 23.8 Å². The van der Waals surface area contributed by atoms with Crippen LogP contribution in [0.3, 0.4) is 0 Å². The lowest BCUT2D eigenvalue weighted by atomic mass is 10.1. The molecule has 2 aliphatic heterocycles. The van der Waals surface area contributed by atoms with E-state index in [1.807, 2.05) is 23.1 Å². The van der Waals surface area contributed by atoms with E-state index in [0.717, 1.165) is 61.9 Å². The van der Waals surface area contributed by atoms with Gasteiger partial charge in [0, 0.05) is 46.4 Å². The molecule has 0 saturated carbocycles. The van der Waals surface area contributed by atoms with Crippen LogP contribution in [-0.4, -0.2) is 88.4 Å².